The largest absolute Gasteiger partial charge is 0.479 e. The van der Waals surface area contributed by atoms with Gasteiger partial charge in [-0.2, -0.15) is 0 Å². The Labute approximate surface area is 111 Å². The SMILES string of the molecule is O=C(Cc1ccc2c(c1)CCC2)NC[C@H](O)C(=O)O. The Kier molecular flexibility index (Phi) is 4.16. The van der Waals surface area contributed by atoms with Gasteiger partial charge in [0.05, 0.1) is 13.0 Å². The number of amides is 1. The molecule has 1 aliphatic carbocycles. The van der Waals surface area contributed by atoms with Crippen molar-refractivity contribution >= 4 is 11.9 Å². The highest BCUT2D eigenvalue weighted by atomic mass is 16.4. The monoisotopic (exact) mass is 263 g/mol. The van der Waals surface area contributed by atoms with Gasteiger partial charge in [-0.25, -0.2) is 4.79 Å². The number of aryl methyl sites for hydroxylation is 2. The molecule has 0 saturated heterocycles. The summed E-state index contributed by atoms with van der Waals surface area (Å²) < 4.78 is 0. The Bertz CT molecular complexity index is 498. The number of carbonyl (C=O) groups excluding carboxylic acids is 1. The maximum atomic E-state index is 11.6. The fourth-order valence-corrected chi connectivity index (χ4v) is 2.28. The van der Waals surface area contributed by atoms with Crippen LogP contribution in [0.1, 0.15) is 23.1 Å². The van der Waals surface area contributed by atoms with Crippen LogP contribution in [0.2, 0.25) is 0 Å². The van der Waals surface area contributed by atoms with Crippen molar-refractivity contribution in [2.45, 2.75) is 31.8 Å². The summed E-state index contributed by atoms with van der Waals surface area (Å²) in [7, 11) is 0. The number of carboxylic acid groups (broad SMARTS) is 1. The maximum absolute atomic E-state index is 11.6. The van der Waals surface area contributed by atoms with Crippen molar-refractivity contribution < 1.29 is 19.8 Å². The second-order valence-electron chi connectivity index (χ2n) is 4.79. The number of rotatable bonds is 5. The van der Waals surface area contributed by atoms with Gasteiger partial charge in [-0.05, 0) is 36.0 Å². The van der Waals surface area contributed by atoms with Gasteiger partial charge in [0.15, 0.2) is 6.10 Å². The topological polar surface area (TPSA) is 86.6 Å². The first-order chi connectivity index (χ1) is 9.06. The van der Waals surface area contributed by atoms with Gasteiger partial charge in [-0.1, -0.05) is 18.2 Å². The average molecular weight is 263 g/mol. The zero-order valence-electron chi connectivity index (χ0n) is 10.6. The van der Waals surface area contributed by atoms with Crippen LogP contribution in [0.4, 0.5) is 0 Å². The van der Waals surface area contributed by atoms with Gasteiger partial charge in [0.2, 0.25) is 5.91 Å². The number of hydrogen-bond acceptors (Lipinski definition) is 3. The summed E-state index contributed by atoms with van der Waals surface area (Å²) in [6.45, 7) is -0.265. The van der Waals surface area contributed by atoms with Crippen molar-refractivity contribution in [3.8, 4) is 0 Å². The zero-order chi connectivity index (χ0) is 13.8. The lowest BCUT2D eigenvalue weighted by Crippen LogP contribution is -2.37. The highest BCUT2D eigenvalue weighted by molar-refractivity contribution is 5.80. The minimum absolute atomic E-state index is 0.208. The standard InChI is InChI=1S/C14H17NO4/c16-12(14(18)19)8-15-13(17)7-9-4-5-10-2-1-3-11(10)6-9/h4-6,12,16H,1-3,7-8H2,(H,15,17)(H,18,19)/t12-/m0/s1. The quantitative estimate of drug-likeness (QED) is 0.712. The number of fused-ring (bicyclic) bond motifs is 1. The van der Waals surface area contributed by atoms with E-state index in [2.05, 4.69) is 11.4 Å². The van der Waals surface area contributed by atoms with Gasteiger partial charge in [0, 0.05) is 0 Å². The van der Waals surface area contributed by atoms with E-state index < -0.39 is 12.1 Å². The van der Waals surface area contributed by atoms with Crippen LogP contribution in [-0.4, -0.2) is 34.7 Å². The summed E-state index contributed by atoms with van der Waals surface area (Å²) in [6.07, 6.45) is 1.98. The van der Waals surface area contributed by atoms with E-state index in [0.717, 1.165) is 24.8 Å². The first-order valence-electron chi connectivity index (χ1n) is 6.34. The number of benzene rings is 1. The van der Waals surface area contributed by atoms with Crippen LogP contribution < -0.4 is 5.32 Å². The molecule has 1 aromatic carbocycles. The molecule has 3 N–H and O–H groups in total. The third-order valence-electron chi connectivity index (χ3n) is 3.31. The van der Waals surface area contributed by atoms with E-state index in [1.54, 1.807) is 0 Å². The van der Waals surface area contributed by atoms with Gasteiger partial charge in [0.1, 0.15) is 0 Å². The molecule has 0 saturated carbocycles. The minimum atomic E-state index is -1.55. The van der Waals surface area contributed by atoms with Crippen molar-refractivity contribution in [2.75, 3.05) is 6.54 Å². The molecule has 0 spiro atoms. The van der Waals surface area contributed by atoms with Crippen molar-refractivity contribution in [3.05, 3.63) is 34.9 Å². The highest BCUT2D eigenvalue weighted by Crippen LogP contribution is 2.22. The Balaban J connectivity index is 1.87. The number of aliphatic carboxylic acids is 1. The molecule has 5 nitrogen and oxygen atoms in total. The van der Waals surface area contributed by atoms with Crippen molar-refractivity contribution in [1.82, 2.24) is 5.32 Å². The lowest BCUT2D eigenvalue weighted by atomic mass is 10.0. The molecular weight excluding hydrogens is 246 g/mol. The van der Waals surface area contributed by atoms with E-state index in [9.17, 15) is 9.59 Å². The van der Waals surface area contributed by atoms with Crippen LogP contribution in [0.15, 0.2) is 18.2 Å². The predicted molar refractivity (Wildman–Crippen MR) is 68.8 cm³/mol. The van der Waals surface area contributed by atoms with Gasteiger partial charge < -0.3 is 15.5 Å². The first kappa shape index (κ1) is 13.5. The molecule has 1 atom stereocenters. The molecule has 19 heavy (non-hydrogen) atoms. The minimum Gasteiger partial charge on any atom is -0.479 e. The lowest BCUT2D eigenvalue weighted by Gasteiger charge is -2.08. The molecule has 0 bridgehead atoms. The van der Waals surface area contributed by atoms with Gasteiger partial charge in [0.25, 0.3) is 0 Å². The smallest absolute Gasteiger partial charge is 0.334 e. The van der Waals surface area contributed by atoms with E-state index in [-0.39, 0.29) is 18.9 Å². The van der Waals surface area contributed by atoms with Crippen LogP contribution >= 0.6 is 0 Å². The molecule has 1 amide bonds. The van der Waals surface area contributed by atoms with E-state index in [4.69, 9.17) is 10.2 Å². The molecule has 0 aromatic heterocycles. The van der Waals surface area contributed by atoms with Crippen LogP contribution in [0, 0.1) is 0 Å². The first-order valence-corrected chi connectivity index (χ1v) is 6.34. The average Bonchev–Trinajstić information content (AvgIpc) is 2.83. The third kappa shape index (κ3) is 3.54. The van der Waals surface area contributed by atoms with Crippen LogP contribution in [0.3, 0.4) is 0 Å². The molecular formula is C14H17NO4. The fourth-order valence-electron chi connectivity index (χ4n) is 2.28. The molecule has 1 aromatic rings. The van der Waals surface area contributed by atoms with Crippen LogP contribution in [-0.2, 0) is 28.9 Å². The summed E-state index contributed by atoms with van der Waals surface area (Å²) in [5, 5.41) is 20.0. The second-order valence-corrected chi connectivity index (χ2v) is 4.79. The van der Waals surface area contributed by atoms with E-state index in [1.807, 2.05) is 12.1 Å². The number of carboxylic acids is 1. The molecule has 2 rings (SSSR count). The molecule has 5 heteroatoms. The highest BCUT2D eigenvalue weighted by Gasteiger charge is 2.15. The molecule has 102 valence electrons. The van der Waals surface area contributed by atoms with Gasteiger partial charge in [-0.3, -0.25) is 4.79 Å². The maximum Gasteiger partial charge on any atom is 0.334 e. The number of carbonyl (C=O) groups is 2. The van der Waals surface area contributed by atoms with Crippen molar-refractivity contribution in [1.29, 1.82) is 0 Å². The normalized spacial score (nSPS) is 14.8. The van der Waals surface area contributed by atoms with Crippen molar-refractivity contribution in [2.24, 2.45) is 0 Å². The van der Waals surface area contributed by atoms with E-state index in [1.165, 1.54) is 11.1 Å². The second kappa shape index (κ2) is 5.84. The van der Waals surface area contributed by atoms with Crippen molar-refractivity contribution in [3.63, 3.8) is 0 Å². The fraction of sp³-hybridized carbons (Fsp3) is 0.429. The van der Waals surface area contributed by atoms with Gasteiger partial charge >= 0.3 is 5.97 Å². The van der Waals surface area contributed by atoms with Crippen LogP contribution in [0.25, 0.3) is 0 Å². The molecule has 1 aliphatic rings. The Morgan fingerprint density at radius 2 is 2.00 bits per heavy atom. The van der Waals surface area contributed by atoms with E-state index >= 15 is 0 Å². The summed E-state index contributed by atoms with van der Waals surface area (Å²) in [5.74, 6) is -1.61. The summed E-state index contributed by atoms with van der Waals surface area (Å²) in [4.78, 5) is 22.0. The predicted octanol–water partition coefficient (Wildman–Crippen LogP) is 0.280. The molecule has 0 aliphatic heterocycles. The zero-order valence-corrected chi connectivity index (χ0v) is 10.6. The third-order valence-corrected chi connectivity index (χ3v) is 3.31. The van der Waals surface area contributed by atoms with E-state index in [0.29, 0.717) is 0 Å². The number of aliphatic hydroxyl groups excluding tert-OH is 1. The number of nitrogens with one attached hydrogen (secondary N) is 1. The summed E-state index contributed by atoms with van der Waals surface area (Å²) in [5.41, 5.74) is 3.57. The Morgan fingerprint density at radius 3 is 2.74 bits per heavy atom. The Morgan fingerprint density at radius 1 is 1.26 bits per heavy atom. The van der Waals surface area contributed by atoms with Gasteiger partial charge in [-0.15, -0.1) is 0 Å². The number of hydrogen-bond donors (Lipinski definition) is 3. The molecule has 0 fully saturated rings. The molecule has 0 unspecified atom stereocenters. The summed E-state index contributed by atoms with van der Waals surface area (Å²) in [6, 6.07) is 6.02. The molecule has 0 heterocycles. The Hall–Kier alpha value is -1.88. The lowest BCUT2D eigenvalue weighted by molar-refractivity contribution is -0.146. The molecule has 0 radical (unpaired) electrons. The number of aliphatic hydroxyl groups is 1. The summed E-state index contributed by atoms with van der Waals surface area (Å²) >= 11 is 0. The van der Waals surface area contributed by atoms with Crippen LogP contribution in [0.5, 0.6) is 0 Å².